The average molecular weight is 336 g/mol. The second kappa shape index (κ2) is 6.06. The predicted molar refractivity (Wildman–Crippen MR) is 73.0 cm³/mol. The van der Waals surface area contributed by atoms with E-state index in [9.17, 15) is 9.59 Å². The summed E-state index contributed by atoms with van der Waals surface area (Å²) in [7, 11) is 1.40. The van der Waals surface area contributed by atoms with Gasteiger partial charge < -0.3 is 15.3 Å². The topological polar surface area (TPSA) is 69.6 Å². The third kappa shape index (κ3) is 3.61. The van der Waals surface area contributed by atoms with E-state index in [-0.39, 0.29) is 0 Å². The summed E-state index contributed by atoms with van der Waals surface area (Å²) < 4.78 is 0.790. The van der Waals surface area contributed by atoms with E-state index in [1.54, 1.807) is 18.2 Å². The van der Waals surface area contributed by atoms with E-state index in [2.05, 4.69) is 21.2 Å². The van der Waals surface area contributed by atoms with E-state index in [4.69, 9.17) is 16.7 Å². The molecule has 1 aromatic carbocycles. The van der Waals surface area contributed by atoms with Gasteiger partial charge in [-0.3, -0.25) is 0 Å². The molecule has 1 atom stereocenters. The number of carboxylic acid groups (broad SMARTS) is 1. The molecule has 0 aliphatic carbocycles. The predicted octanol–water partition coefficient (Wildman–Crippen LogP) is 3.04. The van der Waals surface area contributed by atoms with Crippen LogP contribution in [0.5, 0.6) is 0 Å². The van der Waals surface area contributed by atoms with Gasteiger partial charge in [0.15, 0.2) is 0 Å². The Morgan fingerprint density at radius 1 is 1.50 bits per heavy atom. The van der Waals surface area contributed by atoms with Crippen molar-refractivity contribution in [2.75, 3.05) is 12.4 Å². The first-order valence-electron chi connectivity index (χ1n) is 5.04. The van der Waals surface area contributed by atoms with Crippen LogP contribution in [-0.2, 0) is 4.79 Å². The summed E-state index contributed by atoms with van der Waals surface area (Å²) in [5, 5.41) is 11.7. The molecule has 0 aliphatic rings. The van der Waals surface area contributed by atoms with Gasteiger partial charge in [0, 0.05) is 11.5 Å². The molecule has 1 unspecified atom stereocenters. The van der Waals surface area contributed by atoms with Crippen LogP contribution in [0.4, 0.5) is 10.5 Å². The number of aliphatic carboxylic acids is 1. The Morgan fingerprint density at radius 2 is 2.11 bits per heavy atom. The lowest BCUT2D eigenvalue weighted by Gasteiger charge is -2.22. The summed E-state index contributed by atoms with van der Waals surface area (Å²) in [5.41, 5.74) is 0.425. The monoisotopic (exact) mass is 334 g/mol. The molecule has 2 N–H and O–H groups in total. The Hall–Kier alpha value is -1.27. The minimum Gasteiger partial charge on any atom is -0.480 e. The molecule has 0 heterocycles. The summed E-state index contributed by atoms with van der Waals surface area (Å²) in [4.78, 5) is 23.6. The summed E-state index contributed by atoms with van der Waals surface area (Å²) >= 11 is 9.19. The number of benzene rings is 1. The van der Waals surface area contributed by atoms with Crippen LogP contribution in [0.15, 0.2) is 22.7 Å². The molecule has 1 aromatic rings. The number of halogens is 2. The molecule has 98 valence electrons. The van der Waals surface area contributed by atoms with Gasteiger partial charge in [-0.2, -0.15) is 0 Å². The molecule has 7 heteroatoms. The number of nitrogens with one attached hydrogen (secondary N) is 1. The van der Waals surface area contributed by atoms with Crippen molar-refractivity contribution in [2.45, 2.75) is 13.0 Å². The van der Waals surface area contributed by atoms with E-state index >= 15 is 0 Å². The molecule has 0 saturated carbocycles. The lowest BCUT2D eigenvalue weighted by Crippen LogP contribution is -2.42. The van der Waals surface area contributed by atoms with Crippen molar-refractivity contribution in [2.24, 2.45) is 0 Å². The second-order valence-corrected chi connectivity index (χ2v) is 5.00. The van der Waals surface area contributed by atoms with Gasteiger partial charge in [-0.25, -0.2) is 9.59 Å². The van der Waals surface area contributed by atoms with Gasteiger partial charge in [-0.05, 0) is 25.1 Å². The number of hydrogen-bond donors (Lipinski definition) is 2. The molecule has 1 rings (SSSR count). The summed E-state index contributed by atoms with van der Waals surface area (Å²) in [6, 6.07) is 3.54. The molecule has 0 aromatic heterocycles. The van der Waals surface area contributed by atoms with E-state index < -0.39 is 18.0 Å². The fraction of sp³-hybridized carbons (Fsp3) is 0.273. The molecule has 2 amide bonds. The molecule has 0 spiro atoms. The third-order valence-corrected chi connectivity index (χ3v) is 3.24. The zero-order valence-corrected chi connectivity index (χ0v) is 12.1. The highest BCUT2D eigenvalue weighted by molar-refractivity contribution is 9.10. The quantitative estimate of drug-likeness (QED) is 0.892. The Morgan fingerprint density at radius 3 is 2.61 bits per heavy atom. The van der Waals surface area contributed by atoms with Crippen molar-refractivity contribution in [1.29, 1.82) is 0 Å². The van der Waals surface area contributed by atoms with Crippen LogP contribution in [0.25, 0.3) is 0 Å². The number of hydrogen-bond acceptors (Lipinski definition) is 2. The van der Waals surface area contributed by atoms with Crippen molar-refractivity contribution in [3.63, 3.8) is 0 Å². The molecule has 0 saturated heterocycles. The van der Waals surface area contributed by atoms with Crippen molar-refractivity contribution >= 4 is 45.2 Å². The summed E-state index contributed by atoms with van der Waals surface area (Å²) in [6.45, 7) is 1.42. The number of likely N-dealkylation sites (N-methyl/N-ethyl adjacent to an activating group) is 1. The van der Waals surface area contributed by atoms with Crippen LogP contribution < -0.4 is 5.32 Å². The zero-order chi connectivity index (χ0) is 13.9. The van der Waals surface area contributed by atoms with Crippen molar-refractivity contribution in [3.05, 3.63) is 27.7 Å². The third-order valence-electron chi connectivity index (χ3n) is 2.43. The van der Waals surface area contributed by atoms with Gasteiger partial charge in [-0.15, -0.1) is 0 Å². The normalized spacial score (nSPS) is 11.8. The van der Waals surface area contributed by atoms with Crippen LogP contribution in [-0.4, -0.2) is 35.1 Å². The van der Waals surface area contributed by atoms with E-state index in [1.807, 2.05) is 0 Å². The first-order chi connectivity index (χ1) is 8.32. The van der Waals surface area contributed by atoms with E-state index in [1.165, 1.54) is 14.0 Å². The number of urea groups is 1. The van der Waals surface area contributed by atoms with Gasteiger partial charge in [0.1, 0.15) is 6.04 Å². The first-order valence-corrected chi connectivity index (χ1v) is 6.21. The minimum absolute atomic E-state index is 0.370. The SMILES string of the molecule is CC(C(=O)O)N(C)C(=O)Nc1ccc(Br)cc1Cl. The Kier molecular flexibility index (Phi) is 4.98. The lowest BCUT2D eigenvalue weighted by molar-refractivity contribution is -0.141. The van der Waals surface area contributed by atoms with Gasteiger partial charge in [0.05, 0.1) is 10.7 Å². The first kappa shape index (κ1) is 14.8. The summed E-state index contributed by atoms with van der Waals surface area (Å²) in [6.07, 6.45) is 0. The van der Waals surface area contributed by atoms with Crippen LogP contribution in [0, 0.1) is 0 Å². The highest BCUT2D eigenvalue weighted by Gasteiger charge is 2.22. The molecule has 0 fully saturated rings. The van der Waals surface area contributed by atoms with Crippen LogP contribution >= 0.6 is 27.5 Å². The smallest absolute Gasteiger partial charge is 0.326 e. The number of carbonyl (C=O) groups excluding carboxylic acids is 1. The highest BCUT2D eigenvalue weighted by atomic mass is 79.9. The summed E-state index contributed by atoms with van der Waals surface area (Å²) in [5.74, 6) is -1.07. The number of carboxylic acids is 1. The maximum absolute atomic E-state index is 11.8. The van der Waals surface area contributed by atoms with Crippen LogP contribution in [0.2, 0.25) is 5.02 Å². The molecule has 0 aliphatic heterocycles. The van der Waals surface area contributed by atoms with Crippen molar-refractivity contribution in [3.8, 4) is 0 Å². The average Bonchev–Trinajstić information content (AvgIpc) is 2.30. The van der Waals surface area contributed by atoms with Gasteiger partial charge in [-0.1, -0.05) is 27.5 Å². The lowest BCUT2D eigenvalue weighted by atomic mass is 10.3. The van der Waals surface area contributed by atoms with E-state index in [0.717, 1.165) is 9.37 Å². The number of carbonyl (C=O) groups is 2. The van der Waals surface area contributed by atoms with Gasteiger partial charge in [0.25, 0.3) is 0 Å². The fourth-order valence-corrected chi connectivity index (χ4v) is 1.86. The zero-order valence-electron chi connectivity index (χ0n) is 9.78. The molecule has 5 nitrogen and oxygen atoms in total. The van der Waals surface area contributed by atoms with Crippen LogP contribution in [0.3, 0.4) is 0 Å². The number of anilines is 1. The van der Waals surface area contributed by atoms with Crippen LogP contribution in [0.1, 0.15) is 6.92 Å². The number of rotatable bonds is 3. The maximum atomic E-state index is 11.8. The van der Waals surface area contributed by atoms with Crippen molar-refractivity contribution < 1.29 is 14.7 Å². The van der Waals surface area contributed by atoms with Gasteiger partial charge >= 0.3 is 12.0 Å². The number of amides is 2. The largest absolute Gasteiger partial charge is 0.480 e. The minimum atomic E-state index is -1.07. The molecule has 0 radical (unpaired) electrons. The molecular weight excluding hydrogens is 323 g/mol. The molecular formula is C11H12BrClN2O3. The highest BCUT2D eigenvalue weighted by Crippen LogP contribution is 2.25. The molecule has 0 bridgehead atoms. The number of nitrogens with zero attached hydrogens (tertiary/aromatic N) is 1. The fourth-order valence-electron chi connectivity index (χ4n) is 1.14. The van der Waals surface area contributed by atoms with Gasteiger partial charge in [0.2, 0.25) is 0 Å². The Labute approximate surface area is 118 Å². The Bertz CT molecular complexity index is 481. The molecule has 18 heavy (non-hydrogen) atoms. The Balaban J connectivity index is 2.78. The van der Waals surface area contributed by atoms with Crippen molar-refractivity contribution in [1.82, 2.24) is 4.90 Å². The standard InChI is InChI=1S/C11H12BrClN2O3/c1-6(10(16)17)15(2)11(18)14-9-4-3-7(12)5-8(9)13/h3-6H,1-2H3,(H,14,18)(H,16,17). The maximum Gasteiger partial charge on any atom is 0.326 e. The van der Waals surface area contributed by atoms with E-state index in [0.29, 0.717) is 10.7 Å². The second-order valence-electron chi connectivity index (χ2n) is 3.68.